The molecule has 1 atom stereocenters. The molecular weight excluding hydrogens is 330 g/mol. The van der Waals surface area contributed by atoms with Crippen LogP contribution in [0.2, 0.25) is 0 Å². The molecule has 3 aromatic rings. The van der Waals surface area contributed by atoms with E-state index in [1.807, 2.05) is 30.3 Å². The minimum Gasteiger partial charge on any atom is -0.353 e. The molecule has 0 aliphatic carbocycles. The Balaban J connectivity index is 1.49. The van der Waals surface area contributed by atoms with Crippen molar-refractivity contribution in [3.63, 3.8) is 0 Å². The van der Waals surface area contributed by atoms with E-state index in [4.69, 9.17) is 0 Å². The maximum Gasteiger partial charge on any atom is 0.253 e. The van der Waals surface area contributed by atoms with E-state index < -0.39 is 0 Å². The molecule has 0 bridgehead atoms. The predicted octanol–water partition coefficient (Wildman–Crippen LogP) is 1.46. The zero-order chi connectivity index (χ0) is 17.8. The molecule has 2 aromatic heterocycles. The summed E-state index contributed by atoms with van der Waals surface area (Å²) in [6.07, 6.45) is 6.91. The number of nitrogens with zero attached hydrogens (tertiary/aromatic N) is 6. The number of aromatic nitrogens is 5. The summed E-state index contributed by atoms with van der Waals surface area (Å²) in [4.78, 5) is 15.0. The SMILES string of the molecule is O=C(N[C@H]1CCCN(c2cccnn2)C1)c1ccccc1-n1ccnn1. The van der Waals surface area contributed by atoms with Crippen LogP contribution >= 0.6 is 0 Å². The molecule has 1 amide bonds. The molecule has 1 aliphatic rings. The molecule has 0 saturated carbocycles. The molecule has 1 fully saturated rings. The molecule has 1 saturated heterocycles. The van der Waals surface area contributed by atoms with Gasteiger partial charge in [-0.05, 0) is 37.1 Å². The molecule has 8 heteroatoms. The third-order valence-corrected chi connectivity index (χ3v) is 4.46. The average molecular weight is 349 g/mol. The minimum absolute atomic E-state index is 0.0575. The van der Waals surface area contributed by atoms with E-state index in [9.17, 15) is 4.79 Å². The fourth-order valence-corrected chi connectivity index (χ4v) is 3.23. The molecule has 8 nitrogen and oxygen atoms in total. The van der Waals surface area contributed by atoms with Crippen LogP contribution in [0.3, 0.4) is 0 Å². The molecule has 0 radical (unpaired) electrons. The van der Waals surface area contributed by atoms with Crippen LogP contribution in [-0.2, 0) is 0 Å². The van der Waals surface area contributed by atoms with Gasteiger partial charge in [-0.15, -0.1) is 10.2 Å². The van der Waals surface area contributed by atoms with Gasteiger partial charge in [0.05, 0.1) is 23.6 Å². The van der Waals surface area contributed by atoms with E-state index in [2.05, 4.69) is 30.7 Å². The van der Waals surface area contributed by atoms with Crippen molar-refractivity contribution in [1.82, 2.24) is 30.5 Å². The van der Waals surface area contributed by atoms with Crippen LogP contribution in [0.15, 0.2) is 55.0 Å². The van der Waals surface area contributed by atoms with Gasteiger partial charge in [-0.3, -0.25) is 4.79 Å². The predicted molar refractivity (Wildman–Crippen MR) is 96.1 cm³/mol. The number of carbonyl (C=O) groups excluding carboxylic acids is 1. The Kier molecular flexibility index (Phi) is 4.55. The third-order valence-electron chi connectivity index (χ3n) is 4.46. The Bertz CT molecular complexity index is 866. The van der Waals surface area contributed by atoms with E-state index in [1.54, 1.807) is 29.3 Å². The van der Waals surface area contributed by atoms with Crippen molar-refractivity contribution < 1.29 is 4.79 Å². The van der Waals surface area contributed by atoms with Gasteiger partial charge in [0.15, 0.2) is 5.82 Å². The fraction of sp³-hybridized carbons (Fsp3) is 0.278. The number of carbonyl (C=O) groups is 1. The second kappa shape index (κ2) is 7.30. The Hall–Kier alpha value is -3.29. The summed E-state index contributed by atoms with van der Waals surface area (Å²) in [5.41, 5.74) is 1.29. The first kappa shape index (κ1) is 16.2. The Morgan fingerprint density at radius 2 is 2.04 bits per heavy atom. The summed E-state index contributed by atoms with van der Waals surface area (Å²) in [6.45, 7) is 1.64. The number of hydrogen-bond acceptors (Lipinski definition) is 6. The number of piperidine rings is 1. The summed E-state index contributed by atoms with van der Waals surface area (Å²) < 4.78 is 1.60. The van der Waals surface area contributed by atoms with Crippen molar-refractivity contribution in [3.8, 4) is 5.69 Å². The average Bonchev–Trinajstić information content (AvgIpc) is 3.23. The van der Waals surface area contributed by atoms with Crippen molar-refractivity contribution in [1.29, 1.82) is 0 Å². The standard InChI is InChI=1S/C18H19N7O/c26-18(15-6-1-2-7-16(15)25-12-10-20-23-25)21-14-5-4-11-24(13-14)17-8-3-9-19-22-17/h1-3,6-10,12,14H,4-5,11,13H2,(H,21,26)/t14-/m0/s1. The highest BCUT2D eigenvalue weighted by atomic mass is 16.1. The van der Waals surface area contributed by atoms with Crippen LogP contribution in [0.4, 0.5) is 5.82 Å². The first-order valence-electron chi connectivity index (χ1n) is 8.60. The van der Waals surface area contributed by atoms with Crippen molar-refractivity contribution in [2.24, 2.45) is 0 Å². The second-order valence-corrected chi connectivity index (χ2v) is 6.21. The highest BCUT2D eigenvalue weighted by molar-refractivity contribution is 5.97. The zero-order valence-electron chi connectivity index (χ0n) is 14.2. The normalized spacial score (nSPS) is 17.1. The molecular formula is C18H19N7O. The topological polar surface area (TPSA) is 88.8 Å². The maximum absolute atomic E-state index is 12.9. The second-order valence-electron chi connectivity index (χ2n) is 6.21. The maximum atomic E-state index is 12.9. The van der Waals surface area contributed by atoms with Crippen LogP contribution in [0, 0.1) is 0 Å². The lowest BCUT2D eigenvalue weighted by Crippen LogP contribution is -2.48. The van der Waals surface area contributed by atoms with Gasteiger partial charge < -0.3 is 10.2 Å². The molecule has 1 aromatic carbocycles. The largest absolute Gasteiger partial charge is 0.353 e. The first-order valence-corrected chi connectivity index (χ1v) is 8.60. The monoisotopic (exact) mass is 349 g/mol. The smallest absolute Gasteiger partial charge is 0.253 e. The lowest BCUT2D eigenvalue weighted by Gasteiger charge is -2.33. The van der Waals surface area contributed by atoms with Gasteiger partial charge >= 0.3 is 0 Å². The van der Waals surface area contributed by atoms with E-state index in [1.165, 1.54) is 0 Å². The summed E-state index contributed by atoms with van der Waals surface area (Å²) in [7, 11) is 0. The molecule has 26 heavy (non-hydrogen) atoms. The Morgan fingerprint density at radius 3 is 2.85 bits per heavy atom. The quantitative estimate of drug-likeness (QED) is 0.767. The van der Waals surface area contributed by atoms with Crippen LogP contribution in [0.25, 0.3) is 5.69 Å². The lowest BCUT2D eigenvalue weighted by atomic mass is 10.0. The lowest BCUT2D eigenvalue weighted by molar-refractivity contribution is 0.0933. The summed E-state index contributed by atoms with van der Waals surface area (Å²) >= 11 is 0. The number of rotatable bonds is 4. The summed E-state index contributed by atoms with van der Waals surface area (Å²) in [5, 5.41) is 19.1. The van der Waals surface area contributed by atoms with Gasteiger partial charge in [-0.2, -0.15) is 5.10 Å². The van der Waals surface area contributed by atoms with Crippen molar-refractivity contribution in [2.75, 3.05) is 18.0 Å². The van der Waals surface area contributed by atoms with Gasteiger partial charge in [0, 0.05) is 25.3 Å². The number of hydrogen-bond donors (Lipinski definition) is 1. The van der Waals surface area contributed by atoms with Crippen molar-refractivity contribution >= 4 is 11.7 Å². The highest BCUT2D eigenvalue weighted by Crippen LogP contribution is 2.18. The van der Waals surface area contributed by atoms with Gasteiger partial charge in [0.25, 0.3) is 5.91 Å². The van der Waals surface area contributed by atoms with Crippen LogP contribution < -0.4 is 10.2 Å². The van der Waals surface area contributed by atoms with Gasteiger partial charge in [0.1, 0.15) is 0 Å². The first-order chi connectivity index (χ1) is 12.8. The number of amides is 1. The van der Waals surface area contributed by atoms with Crippen LogP contribution in [0.5, 0.6) is 0 Å². The number of benzene rings is 1. The molecule has 0 unspecified atom stereocenters. The minimum atomic E-state index is -0.109. The molecule has 3 heterocycles. The van der Waals surface area contributed by atoms with E-state index in [0.717, 1.165) is 31.7 Å². The summed E-state index contributed by atoms with van der Waals surface area (Å²) in [6, 6.07) is 11.3. The Labute approximate surface area is 150 Å². The van der Waals surface area contributed by atoms with Crippen molar-refractivity contribution in [3.05, 3.63) is 60.6 Å². The molecule has 1 N–H and O–H groups in total. The van der Waals surface area contributed by atoms with Gasteiger partial charge in [-0.25, -0.2) is 4.68 Å². The zero-order valence-corrected chi connectivity index (χ0v) is 14.2. The number of anilines is 1. The van der Waals surface area contributed by atoms with Gasteiger partial charge in [-0.1, -0.05) is 17.3 Å². The number of nitrogens with one attached hydrogen (secondary N) is 1. The molecule has 1 aliphatic heterocycles. The molecule has 4 rings (SSSR count). The van der Waals surface area contributed by atoms with E-state index in [0.29, 0.717) is 11.3 Å². The van der Waals surface area contributed by atoms with Crippen LogP contribution in [0.1, 0.15) is 23.2 Å². The van der Waals surface area contributed by atoms with E-state index >= 15 is 0 Å². The van der Waals surface area contributed by atoms with E-state index in [-0.39, 0.29) is 11.9 Å². The highest BCUT2D eigenvalue weighted by Gasteiger charge is 2.24. The Morgan fingerprint density at radius 1 is 1.12 bits per heavy atom. The van der Waals surface area contributed by atoms with Gasteiger partial charge in [0.2, 0.25) is 0 Å². The summed E-state index contributed by atoms with van der Waals surface area (Å²) in [5.74, 6) is 0.733. The van der Waals surface area contributed by atoms with Crippen molar-refractivity contribution in [2.45, 2.75) is 18.9 Å². The third kappa shape index (κ3) is 3.39. The molecule has 132 valence electrons. The fourth-order valence-electron chi connectivity index (χ4n) is 3.23. The molecule has 0 spiro atoms. The number of para-hydroxylation sites is 1. The van der Waals surface area contributed by atoms with Crippen LogP contribution in [-0.4, -0.2) is 50.2 Å².